The number of aromatic nitrogens is 4. The first-order chi connectivity index (χ1) is 15.5. The molecule has 0 unspecified atom stereocenters. The van der Waals surface area contributed by atoms with Gasteiger partial charge in [-0.3, -0.25) is 9.69 Å². The Hall–Kier alpha value is -3.17. The molecule has 32 heavy (non-hydrogen) atoms. The molecular formula is C23H27FN6O2. The lowest BCUT2D eigenvalue weighted by Gasteiger charge is -2.26. The van der Waals surface area contributed by atoms with E-state index in [4.69, 9.17) is 4.74 Å². The van der Waals surface area contributed by atoms with E-state index < -0.39 is 0 Å². The highest BCUT2D eigenvalue weighted by Gasteiger charge is 2.22. The largest absolute Gasteiger partial charge is 0.379 e. The van der Waals surface area contributed by atoms with E-state index in [0.29, 0.717) is 35.0 Å². The monoisotopic (exact) mass is 438 g/mol. The zero-order valence-electron chi connectivity index (χ0n) is 18.3. The highest BCUT2D eigenvalue weighted by molar-refractivity contribution is 5.95. The molecule has 9 heteroatoms. The molecule has 1 aliphatic heterocycles. The van der Waals surface area contributed by atoms with Crippen LogP contribution in [0.2, 0.25) is 0 Å². The van der Waals surface area contributed by atoms with E-state index in [1.165, 1.54) is 6.07 Å². The van der Waals surface area contributed by atoms with E-state index in [0.717, 1.165) is 32.8 Å². The molecule has 1 aliphatic rings. The van der Waals surface area contributed by atoms with Crippen LogP contribution in [0.5, 0.6) is 0 Å². The summed E-state index contributed by atoms with van der Waals surface area (Å²) in [5, 5.41) is 7.38. The molecule has 3 heterocycles. The molecule has 2 aromatic heterocycles. The molecule has 1 fully saturated rings. The van der Waals surface area contributed by atoms with Gasteiger partial charge >= 0.3 is 0 Å². The molecule has 1 aromatic carbocycles. The van der Waals surface area contributed by atoms with Crippen molar-refractivity contribution in [2.45, 2.75) is 19.8 Å². The molecule has 1 amide bonds. The number of rotatable bonds is 7. The lowest BCUT2D eigenvalue weighted by molar-refractivity contribution is 0.0383. The van der Waals surface area contributed by atoms with Gasteiger partial charge in [-0.05, 0) is 24.1 Å². The lowest BCUT2D eigenvalue weighted by atomic mass is 10.1. The molecule has 3 aromatic rings. The number of hydrogen-bond donors (Lipinski definition) is 1. The van der Waals surface area contributed by atoms with Crippen LogP contribution in [0.4, 0.5) is 4.39 Å². The van der Waals surface area contributed by atoms with E-state index in [2.05, 4.69) is 25.3 Å². The number of amides is 1. The minimum atomic E-state index is -0.359. The maximum absolute atomic E-state index is 14.2. The molecular weight excluding hydrogens is 411 g/mol. The lowest BCUT2D eigenvalue weighted by Crippen LogP contribution is -2.41. The molecule has 1 N–H and O–H groups in total. The Kier molecular flexibility index (Phi) is 6.87. The smallest absolute Gasteiger partial charge is 0.254 e. The minimum absolute atomic E-state index is 0.00166. The molecule has 4 rings (SSSR count). The summed E-state index contributed by atoms with van der Waals surface area (Å²) in [6.45, 7) is 8.49. The van der Waals surface area contributed by atoms with Gasteiger partial charge in [-0.15, -0.1) is 0 Å². The first kappa shape index (κ1) is 22.0. The predicted octanol–water partition coefficient (Wildman–Crippen LogP) is 2.65. The second kappa shape index (κ2) is 9.97. The number of benzene rings is 1. The SMILES string of the molecule is CC(C)c1c(C(=O)NCCN2CCOCC2)cnn1-c1nccc(-c2ccccc2F)n1. The van der Waals surface area contributed by atoms with Crippen LogP contribution in [0.3, 0.4) is 0 Å². The summed E-state index contributed by atoms with van der Waals surface area (Å²) in [4.78, 5) is 24.0. The second-order valence-corrected chi connectivity index (χ2v) is 7.94. The fraction of sp³-hybridized carbons (Fsp3) is 0.391. The van der Waals surface area contributed by atoms with Crippen molar-refractivity contribution < 1.29 is 13.9 Å². The number of morpholine rings is 1. The maximum atomic E-state index is 14.2. The third-order valence-corrected chi connectivity index (χ3v) is 5.40. The van der Waals surface area contributed by atoms with Crippen LogP contribution in [0.15, 0.2) is 42.7 Å². The summed E-state index contributed by atoms with van der Waals surface area (Å²) in [7, 11) is 0. The third kappa shape index (κ3) is 4.84. The summed E-state index contributed by atoms with van der Waals surface area (Å²) in [6.07, 6.45) is 3.11. The fourth-order valence-corrected chi connectivity index (χ4v) is 3.76. The number of nitrogens with zero attached hydrogens (tertiary/aromatic N) is 5. The number of hydrogen-bond acceptors (Lipinski definition) is 6. The van der Waals surface area contributed by atoms with E-state index in [-0.39, 0.29) is 17.6 Å². The molecule has 0 radical (unpaired) electrons. The van der Waals surface area contributed by atoms with Crippen molar-refractivity contribution in [1.82, 2.24) is 30.0 Å². The van der Waals surface area contributed by atoms with Crippen molar-refractivity contribution in [3.05, 3.63) is 59.8 Å². The van der Waals surface area contributed by atoms with Crippen molar-refractivity contribution in [3.8, 4) is 17.2 Å². The second-order valence-electron chi connectivity index (χ2n) is 7.94. The zero-order valence-corrected chi connectivity index (χ0v) is 18.3. The molecule has 0 aliphatic carbocycles. The average Bonchev–Trinajstić information content (AvgIpc) is 3.26. The Morgan fingerprint density at radius 3 is 2.75 bits per heavy atom. The summed E-state index contributed by atoms with van der Waals surface area (Å²) in [5.74, 6) is -0.250. The molecule has 0 atom stereocenters. The van der Waals surface area contributed by atoms with E-state index in [1.54, 1.807) is 41.3 Å². The first-order valence-corrected chi connectivity index (χ1v) is 10.8. The van der Waals surface area contributed by atoms with Crippen LogP contribution in [-0.2, 0) is 4.74 Å². The van der Waals surface area contributed by atoms with Crippen molar-refractivity contribution in [3.63, 3.8) is 0 Å². The van der Waals surface area contributed by atoms with E-state index in [9.17, 15) is 9.18 Å². The van der Waals surface area contributed by atoms with E-state index in [1.807, 2.05) is 13.8 Å². The number of halogens is 1. The Morgan fingerprint density at radius 2 is 2.00 bits per heavy atom. The summed E-state index contributed by atoms with van der Waals surface area (Å²) in [5.41, 5.74) is 2.03. The van der Waals surface area contributed by atoms with Crippen LogP contribution in [0, 0.1) is 5.82 Å². The van der Waals surface area contributed by atoms with Gasteiger partial charge in [0.15, 0.2) is 0 Å². The zero-order chi connectivity index (χ0) is 22.5. The van der Waals surface area contributed by atoms with E-state index >= 15 is 0 Å². The van der Waals surface area contributed by atoms with Gasteiger partial charge in [0.1, 0.15) is 5.82 Å². The number of carbonyl (C=O) groups is 1. The van der Waals surface area contributed by atoms with Gasteiger partial charge in [-0.2, -0.15) is 5.10 Å². The number of nitrogens with one attached hydrogen (secondary N) is 1. The van der Waals surface area contributed by atoms with Crippen LogP contribution >= 0.6 is 0 Å². The van der Waals surface area contributed by atoms with Gasteiger partial charge in [0.25, 0.3) is 11.9 Å². The predicted molar refractivity (Wildman–Crippen MR) is 118 cm³/mol. The van der Waals surface area contributed by atoms with Gasteiger partial charge in [0, 0.05) is 37.9 Å². The molecule has 1 saturated heterocycles. The Bertz CT molecular complexity index is 1080. The van der Waals surface area contributed by atoms with Crippen molar-refractivity contribution in [1.29, 1.82) is 0 Å². The van der Waals surface area contributed by atoms with Gasteiger partial charge in [-0.1, -0.05) is 26.0 Å². The normalized spacial score (nSPS) is 14.6. The Labute approximate surface area is 186 Å². The topological polar surface area (TPSA) is 85.2 Å². The summed E-state index contributed by atoms with van der Waals surface area (Å²) in [6, 6.07) is 8.10. The van der Waals surface area contributed by atoms with Crippen LogP contribution < -0.4 is 5.32 Å². The average molecular weight is 439 g/mol. The quantitative estimate of drug-likeness (QED) is 0.611. The molecule has 0 saturated carbocycles. The standard InChI is InChI=1S/C23H27FN6O2/c1-16(2)21-18(22(31)25-9-10-29-11-13-32-14-12-29)15-27-30(21)23-26-8-7-20(28-23)17-5-3-4-6-19(17)24/h3-8,15-16H,9-14H2,1-2H3,(H,25,31). The Balaban J connectivity index is 1.55. The number of carbonyl (C=O) groups excluding carboxylic acids is 1. The van der Waals surface area contributed by atoms with Crippen molar-refractivity contribution in [2.24, 2.45) is 0 Å². The molecule has 0 spiro atoms. The summed E-state index contributed by atoms with van der Waals surface area (Å²) >= 11 is 0. The summed E-state index contributed by atoms with van der Waals surface area (Å²) < 4.78 is 21.1. The van der Waals surface area contributed by atoms with Crippen molar-refractivity contribution >= 4 is 5.91 Å². The van der Waals surface area contributed by atoms with Crippen LogP contribution in [-0.4, -0.2) is 69.9 Å². The molecule has 8 nitrogen and oxygen atoms in total. The van der Waals surface area contributed by atoms with Gasteiger partial charge in [-0.25, -0.2) is 19.0 Å². The molecule has 0 bridgehead atoms. The third-order valence-electron chi connectivity index (χ3n) is 5.40. The number of ether oxygens (including phenoxy) is 1. The Morgan fingerprint density at radius 1 is 1.22 bits per heavy atom. The van der Waals surface area contributed by atoms with Crippen LogP contribution in [0.1, 0.15) is 35.8 Å². The van der Waals surface area contributed by atoms with Gasteiger partial charge < -0.3 is 10.1 Å². The first-order valence-electron chi connectivity index (χ1n) is 10.8. The van der Waals surface area contributed by atoms with Crippen LogP contribution in [0.25, 0.3) is 17.2 Å². The van der Waals surface area contributed by atoms with Gasteiger partial charge in [0.05, 0.1) is 36.4 Å². The molecule has 168 valence electrons. The maximum Gasteiger partial charge on any atom is 0.254 e. The minimum Gasteiger partial charge on any atom is -0.379 e. The highest BCUT2D eigenvalue weighted by atomic mass is 19.1. The fourth-order valence-electron chi connectivity index (χ4n) is 3.76. The van der Waals surface area contributed by atoms with Gasteiger partial charge in [0.2, 0.25) is 0 Å². The highest BCUT2D eigenvalue weighted by Crippen LogP contribution is 2.24. The van der Waals surface area contributed by atoms with Crippen molar-refractivity contribution in [2.75, 3.05) is 39.4 Å².